The molecule has 3 rings (SSSR count). The van der Waals surface area contributed by atoms with E-state index in [1.54, 1.807) is 31.2 Å². The van der Waals surface area contributed by atoms with Gasteiger partial charge in [0, 0.05) is 5.02 Å². The van der Waals surface area contributed by atoms with Gasteiger partial charge in [0.15, 0.2) is 10.8 Å². The van der Waals surface area contributed by atoms with Crippen LogP contribution in [0.5, 0.6) is 0 Å². The van der Waals surface area contributed by atoms with E-state index < -0.39 is 11.2 Å². The van der Waals surface area contributed by atoms with Gasteiger partial charge in [0.25, 0.3) is 5.56 Å². The average Bonchev–Trinajstić information content (AvgIpc) is 2.91. The Labute approximate surface area is 139 Å². The molecule has 0 saturated carbocycles. The molecule has 0 bridgehead atoms. The Balaban J connectivity index is 2.13. The molecule has 0 unspecified atom stereocenters. The molecule has 0 spiro atoms. The van der Waals surface area contributed by atoms with Crippen LogP contribution in [0, 0.1) is 0 Å². The van der Waals surface area contributed by atoms with E-state index in [1.807, 2.05) is 0 Å². The Hall–Kier alpha value is -2.32. The maximum absolute atomic E-state index is 12.2. The molecule has 0 radical (unpaired) electrons. The second-order valence-corrected chi connectivity index (χ2v) is 6.57. The second kappa shape index (κ2) is 6.05. The number of hydrogen-bond donors (Lipinski definition) is 2. The lowest BCUT2D eigenvalue weighted by Gasteiger charge is -2.07. The third kappa shape index (κ3) is 3.08. The van der Waals surface area contributed by atoms with Crippen molar-refractivity contribution in [3.63, 3.8) is 0 Å². The summed E-state index contributed by atoms with van der Waals surface area (Å²) >= 11 is 7.08. The van der Waals surface area contributed by atoms with Crippen LogP contribution >= 0.6 is 23.4 Å². The first-order valence-corrected chi connectivity index (χ1v) is 7.91. The number of halogens is 1. The highest BCUT2D eigenvalue weighted by molar-refractivity contribution is 8.00. The number of carbonyl (C=O) groups is 1. The first-order valence-electron chi connectivity index (χ1n) is 6.65. The summed E-state index contributed by atoms with van der Waals surface area (Å²) in [5, 5.41) is 4.88. The molecule has 0 aliphatic heterocycles. The van der Waals surface area contributed by atoms with Crippen LogP contribution in [0.1, 0.15) is 6.92 Å². The van der Waals surface area contributed by atoms with Crippen LogP contribution < -0.4 is 11.3 Å². The quantitative estimate of drug-likeness (QED) is 0.551. The number of aromatic amines is 1. The van der Waals surface area contributed by atoms with Crippen molar-refractivity contribution in [2.24, 2.45) is 5.73 Å². The van der Waals surface area contributed by atoms with E-state index in [0.29, 0.717) is 26.9 Å². The summed E-state index contributed by atoms with van der Waals surface area (Å²) in [5.41, 5.74) is 5.98. The predicted octanol–water partition coefficient (Wildman–Crippen LogP) is 1.73. The van der Waals surface area contributed by atoms with Crippen LogP contribution in [0.4, 0.5) is 0 Å². The van der Waals surface area contributed by atoms with E-state index in [2.05, 4.69) is 15.1 Å². The fourth-order valence-electron chi connectivity index (χ4n) is 1.98. The SMILES string of the molecule is C[C@H](Sc1nc2c(cnn2-c2cccc(Cl)c2)c(=O)[nH]1)C(N)=O. The first kappa shape index (κ1) is 15.6. The molecule has 0 aliphatic carbocycles. The van der Waals surface area contributed by atoms with Gasteiger partial charge in [-0.2, -0.15) is 5.10 Å². The van der Waals surface area contributed by atoms with E-state index in [0.717, 1.165) is 11.8 Å². The van der Waals surface area contributed by atoms with Gasteiger partial charge in [-0.3, -0.25) is 9.59 Å². The molecule has 2 heterocycles. The van der Waals surface area contributed by atoms with Crippen LogP contribution in [0.25, 0.3) is 16.7 Å². The van der Waals surface area contributed by atoms with Crippen LogP contribution in [-0.2, 0) is 4.79 Å². The molecule has 2 aromatic heterocycles. The topological polar surface area (TPSA) is 107 Å². The number of aromatic nitrogens is 4. The summed E-state index contributed by atoms with van der Waals surface area (Å²) in [5.74, 6) is -0.485. The molecule has 1 amide bonds. The molecule has 0 fully saturated rings. The number of rotatable bonds is 4. The number of benzene rings is 1. The third-order valence-corrected chi connectivity index (χ3v) is 4.40. The van der Waals surface area contributed by atoms with Gasteiger partial charge in [-0.25, -0.2) is 9.67 Å². The monoisotopic (exact) mass is 349 g/mol. The van der Waals surface area contributed by atoms with Gasteiger partial charge in [0.05, 0.1) is 17.1 Å². The fourth-order valence-corrected chi connectivity index (χ4v) is 2.90. The van der Waals surface area contributed by atoms with Gasteiger partial charge in [-0.1, -0.05) is 29.4 Å². The smallest absolute Gasteiger partial charge is 0.262 e. The van der Waals surface area contributed by atoms with Crippen molar-refractivity contribution in [2.45, 2.75) is 17.3 Å². The van der Waals surface area contributed by atoms with Crippen molar-refractivity contribution in [2.75, 3.05) is 0 Å². The van der Waals surface area contributed by atoms with E-state index in [4.69, 9.17) is 17.3 Å². The van der Waals surface area contributed by atoms with Gasteiger partial charge in [-0.05, 0) is 25.1 Å². The Bertz CT molecular complexity index is 952. The summed E-state index contributed by atoms with van der Waals surface area (Å²) < 4.78 is 1.52. The maximum atomic E-state index is 12.2. The van der Waals surface area contributed by atoms with E-state index in [1.165, 1.54) is 10.9 Å². The minimum absolute atomic E-state index is 0.303. The predicted molar refractivity (Wildman–Crippen MR) is 89.0 cm³/mol. The highest BCUT2D eigenvalue weighted by atomic mass is 35.5. The van der Waals surface area contributed by atoms with E-state index in [-0.39, 0.29) is 5.56 Å². The Morgan fingerprint density at radius 3 is 2.96 bits per heavy atom. The Morgan fingerprint density at radius 2 is 2.26 bits per heavy atom. The Morgan fingerprint density at radius 1 is 1.48 bits per heavy atom. The number of H-pyrrole nitrogens is 1. The standard InChI is InChI=1S/C14H12ClN5O2S/c1-7(11(16)21)23-14-18-12-10(13(22)19-14)6-17-20(12)9-4-2-3-8(15)5-9/h2-7H,1H3,(H2,16,21)(H,18,19,22)/t7-/m0/s1. The lowest BCUT2D eigenvalue weighted by molar-refractivity contribution is -0.117. The lowest BCUT2D eigenvalue weighted by atomic mass is 10.3. The van der Waals surface area contributed by atoms with Crippen molar-refractivity contribution in [3.8, 4) is 5.69 Å². The largest absolute Gasteiger partial charge is 0.369 e. The number of thioether (sulfide) groups is 1. The zero-order chi connectivity index (χ0) is 16.6. The molecule has 1 atom stereocenters. The van der Waals surface area contributed by atoms with Crippen molar-refractivity contribution < 1.29 is 4.79 Å². The Kier molecular flexibility index (Phi) is 4.10. The van der Waals surface area contributed by atoms with Gasteiger partial charge < -0.3 is 10.7 Å². The summed E-state index contributed by atoms with van der Waals surface area (Å²) in [6.45, 7) is 1.64. The van der Waals surface area contributed by atoms with E-state index >= 15 is 0 Å². The molecular formula is C14H12ClN5O2S. The highest BCUT2D eigenvalue weighted by Gasteiger charge is 2.16. The number of fused-ring (bicyclic) bond motifs is 1. The van der Waals surface area contributed by atoms with Crippen molar-refractivity contribution in [1.29, 1.82) is 0 Å². The molecule has 118 valence electrons. The number of carbonyl (C=O) groups excluding carboxylic acids is 1. The fraction of sp³-hybridized carbons (Fsp3) is 0.143. The minimum atomic E-state index is -0.516. The molecule has 1 aromatic carbocycles. The summed E-state index contributed by atoms with van der Waals surface area (Å²) in [7, 11) is 0. The van der Waals surface area contributed by atoms with Gasteiger partial charge in [-0.15, -0.1) is 0 Å². The summed E-state index contributed by atoms with van der Waals surface area (Å²) in [6, 6.07) is 7.05. The molecule has 0 aliphatic rings. The summed E-state index contributed by atoms with van der Waals surface area (Å²) in [6.07, 6.45) is 1.44. The second-order valence-electron chi connectivity index (χ2n) is 4.81. The van der Waals surface area contributed by atoms with Crippen molar-refractivity contribution >= 4 is 40.3 Å². The van der Waals surface area contributed by atoms with Gasteiger partial charge in [0.1, 0.15) is 5.39 Å². The average molecular weight is 350 g/mol. The molecule has 0 saturated heterocycles. The molecule has 7 nitrogen and oxygen atoms in total. The lowest BCUT2D eigenvalue weighted by Crippen LogP contribution is -2.23. The number of nitrogens with zero attached hydrogens (tertiary/aromatic N) is 3. The third-order valence-electron chi connectivity index (χ3n) is 3.16. The van der Waals surface area contributed by atoms with Gasteiger partial charge >= 0.3 is 0 Å². The normalized spacial score (nSPS) is 12.4. The van der Waals surface area contributed by atoms with Crippen LogP contribution in [0.3, 0.4) is 0 Å². The van der Waals surface area contributed by atoms with E-state index in [9.17, 15) is 9.59 Å². The molecule has 3 aromatic rings. The van der Waals surface area contributed by atoms with Gasteiger partial charge in [0.2, 0.25) is 5.91 Å². The molecular weight excluding hydrogens is 338 g/mol. The van der Waals surface area contributed by atoms with Crippen LogP contribution in [0.15, 0.2) is 40.4 Å². The maximum Gasteiger partial charge on any atom is 0.262 e. The number of nitrogens with two attached hydrogens (primary N) is 1. The first-order chi connectivity index (χ1) is 11.0. The number of amides is 1. The molecule has 9 heteroatoms. The zero-order valence-electron chi connectivity index (χ0n) is 12.0. The number of primary amides is 1. The van der Waals surface area contributed by atoms with Crippen molar-refractivity contribution in [3.05, 3.63) is 45.8 Å². The minimum Gasteiger partial charge on any atom is -0.369 e. The number of hydrogen-bond acceptors (Lipinski definition) is 5. The van der Waals surface area contributed by atoms with Crippen LogP contribution in [0.2, 0.25) is 5.02 Å². The molecule has 23 heavy (non-hydrogen) atoms. The zero-order valence-corrected chi connectivity index (χ0v) is 13.6. The highest BCUT2D eigenvalue weighted by Crippen LogP contribution is 2.22. The summed E-state index contributed by atoms with van der Waals surface area (Å²) in [4.78, 5) is 30.3. The molecule has 3 N–H and O–H groups in total. The van der Waals surface area contributed by atoms with Crippen molar-refractivity contribution in [1.82, 2.24) is 19.7 Å². The number of nitrogens with one attached hydrogen (secondary N) is 1. The van der Waals surface area contributed by atoms with Crippen LogP contribution in [-0.4, -0.2) is 30.9 Å².